The summed E-state index contributed by atoms with van der Waals surface area (Å²) in [5.41, 5.74) is 6.57. The first-order chi connectivity index (χ1) is 12.5. The number of primary amides is 1. The van der Waals surface area contributed by atoms with Crippen LogP contribution in [-0.4, -0.2) is 22.0 Å². The van der Waals surface area contributed by atoms with Crippen molar-refractivity contribution < 1.29 is 18.5 Å². The third kappa shape index (κ3) is 4.29. The standard InChI is InChI=1S/C18H15FN4O3/c19-13-3-1-2-12(10-13)18-22-16(26-23-18)9-8-15(24)21-14-6-4-11(5-7-14)17(20)25/h1-7,10H,8-9H2,(H2,20,25)(H,21,24). The molecule has 132 valence electrons. The Labute approximate surface area is 148 Å². The van der Waals surface area contributed by atoms with Crippen molar-refractivity contribution in [3.8, 4) is 11.4 Å². The Balaban J connectivity index is 1.55. The van der Waals surface area contributed by atoms with Crippen LogP contribution in [0.4, 0.5) is 10.1 Å². The molecule has 0 saturated carbocycles. The van der Waals surface area contributed by atoms with Gasteiger partial charge in [0.05, 0.1) is 0 Å². The van der Waals surface area contributed by atoms with E-state index in [1.807, 2.05) is 0 Å². The molecule has 0 aliphatic heterocycles. The van der Waals surface area contributed by atoms with E-state index >= 15 is 0 Å². The summed E-state index contributed by atoms with van der Waals surface area (Å²) in [6, 6.07) is 12.1. The molecule has 26 heavy (non-hydrogen) atoms. The molecule has 1 heterocycles. The predicted molar refractivity (Wildman–Crippen MR) is 91.6 cm³/mol. The number of halogens is 1. The zero-order valence-electron chi connectivity index (χ0n) is 13.6. The molecule has 0 aliphatic rings. The minimum absolute atomic E-state index is 0.127. The number of rotatable bonds is 6. The Hall–Kier alpha value is -3.55. The molecule has 3 rings (SSSR count). The maximum atomic E-state index is 13.2. The number of nitrogens with one attached hydrogen (secondary N) is 1. The molecule has 2 amide bonds. The van der Waals surface area contributed by atoms with Crippen molar-refractivity contribution in [1.82, 2.24) is 10.1 Å². The van der Waals surface area contributed by atoms with Gasteiger partial charge in [0.2, 0.25) is 23.5 Å². The Kier molecular flexibility index (Phi) is 5.02. The number of carbonyl (C=O) groups excluding carboxylic acids is 2. The monoisotopic (exact) mass is 354 g/mol. The van der Waals surface area contributed by atoms with E-state index in [0.717, 1.165) is 0 Å². The molecular weight excluding hydrogens is 339 g/mol. The van der Waals surface area contributed by atoms with Crippen LogP contribution in [0.2, 0.25) is 0 Å². The van der Waals surface area contributed by atoms with Crippen molar-refractivity contribution in [1.29, 1.82) is 0 Å². The van der Waals surface area contributed by atoms with E-state index in [1.54, 1.807) is 24.3 Å². The highest BCUT2D eigenvalue weighted by atomic mass is 19.1. The number of amides is 2. The lowest BCUT2D eigenvalue weighted by molar-refractivity contribution is -0.116. The number of anilines is 1. The van der Waals surface area contributed by atoms with Gasteiger partial charge in [-0.05, 0) is 36.4 Å². The number of aromatic nitrogens is 2. The molecule has 2 aromatic carbocycles. The smallest absolute Gasteiger partial charge is 0.248 e. The normalized spacial score (nSPS) is 10.5. The lowest BCUT2D eigenvalue weighted by atomic mass is 10.2. The van der Waals surface area contributed by atoms with Gasteiger partial charge in [-0.3, -0.25) is 9.59 Å². The lowest BCUT2D eigenvalue weighted by Crippen LogP contribution is -2.13. The molecule has 0 fully saturated rings. The van der Waals surface area contributed by atoms with Gasteiger partial charge in [0.15, 0.2) is 0 Å². The maximum absolute atomic E-state index is 13.2. The molecule has 1 aromatic heterocycles. The van der Waals surface area contributed by atoms with Crippen LogP contribution in [0, 0.1) is 5.82 Å². The van der Waals surface area contributed by atoms with E-state index < -0.39 is 11.7 Å². The highest BCUT2D eigenvalue weighted by Gasteiger charge is 2.11. The van der Waals surface area contributed by atoms with Crippen LogP contribution in [-0.2, 0) is 11.2 Å². The van der Waals surface area contributed by atoms with Crippen molar-refractivity contribution in [2.24, 2.45) is 5.73 Å². The Morgan fingerprint density at radius 1 is 1.15 bits per heavy atom. The zero-order chi connectivity index (χ0) is 18.5. The summed E-state index contributed by atoms with van der Waals surface area (Å²) in [7, 11) is 0. The van der Waals surface area contributed by atoms with Gasteiger partial charge in [0, 0.05) is 29.7 Å². The number of benzene rings is 2. The van der Waals surface area contributed by atoms with Gasteiger partial charge in [-0.2, -0.15) is 4.98 Å². The molecule has 0 unspecified atom stereocenters. The lowest BCUT2D eigenvalue weighted by Gasteiger charge is -2.04. The Morgan fingerprint density at radius 3 is 2.62 bits per heavy atom. The molecule has 7 nitrogen and oxygen atoms in total. The van der Waals surface area contributed by atoms with Crippen LogP contribution in [0.25, 0.3) is 11.4 Å². The minimum atomic E-state index is -0.534. The third-order valence-electron chi connectivity index (χ3n) is 3.57. The summed E-state index contributed by atoms with van der Waals surface area (Å²) in [6.07, 6.45) is 0.371. The van der Waals surface area contributed by atoms with Gasteiger partial charge in [0.25, 0.3) is 0 Å². The van der Waals surface area contributed by atoms with Crippen LogP contribution in [0.5, 0.6) is 0 Å². The molecule has 0 aliphatic carbocycles. The van der Waals surface area contributed by atoms with Gasteiger partial charge in [0.1, 0.15) is 5.82 Å². The van der Waals surface area contributed by atoms with Crippen molar-refractivity contribution in [3.63, 3.8) is 0 Å². The molecular formula is C18H15FN4O3. The SMILES string of the molecule is NC(=O)c1ccc(NC(=O)CCc2nc(-c3cccc(F)c3)no2)cc1. The second kappa shape index (κ2) is 7.56. The molecule has 0 radical (unpaired) electrons. The Morgan fingerprint density at radius 2 is 1.92 bits per heavy atom. The molecule has 0 bridgehead atoms. The van der Waals surface area contributed by atoms with Crippen molar-refractivity contribution in [2.45, 2.75) is 12.8 Å². The molecule has 0 spiro atoms. The molecule has 0 atom stereocenters. The fraction of sp³-hybridized carbons (Fsp3) is 0.111. The van der Waals surface area contributed by atoms with Crippen molar-refractivity contribution in [2.75, 3.05) is 5.32 Å². The second-order valence-electron chi connectivity index (χ2n) is 5.51. The van der Waals surface area contributed by atoms with E-state index in [1.165, 1.54) is 24.3 Å². The second-order valence-corrected chi connectivity index (χ2v) is 5.51. The first-order valence-electron chi connectivity index (χ1n) is 7.79. The van der Waals surface area contributed by atoms with E-state index in [9.17, 15) is 14.0 Å². The highest BCUT2D eigenvalue weighted by molar-refractivity contribution is 5.94. The predicted octanol–water partition coefficient (Wildman–Crippen LogP) is 2.55. The third-order valence-corrected chi connectivity index (χ3v) is 3.57. The highest BCUT2D eigenvalue weighted by Crippen LogP contribution is 2.17. The van der Waals surface area contributed by atoms with Gasteiger partial charge >= 0.3 is 0 Å². The topological polar surface area (TPSA) is 111 Å². The first-order valence-corrected chi connectivity index (χ1v) is 7.79. The van der Waals surface area contributed by atoms with Crippen LogP contribution < -0.4 is 11.1 Å². The average Bonchev–Trinajstić information content (AvgIpc) is 3.09. The summed E-state index contributed by atoms with van der Waals surface area (Å²) in [5, 5.41) is 6.48. The van der Waals surface area contributed by atoms with Crippen LogP contribution in [0.3, 0.4) is 0 Å². The number of nitrogens with two attached hydrogens (primary N) is 1. The van der Waals surface area contributed by atoms with Crippen LogP contribution in [0.15, 0.2) is 53.1 Å². The Bertz CT molecular complexity index is 938. The first kappa shape index (κ1) is 17.3. The van der Waals surface area contributed by atoms with Crippen LogP contribution >= 0.6 is 0 Å². The van der Waals surface area contributed by atoms with Crippen LogP contribution in [0.1, 0.15) is 22.7 Å². The summed E-state index contributed by atoms with van der Waals surface area (Å²) in [4.78, 5) is 27.1. The van der Waals surface area contributed by atoms with Gasteiger partial charge in [-0.25, -0.2) is 4.39 Å². The van der Waals surface area contributed by atoms with E-state index in [0.29, 0.717) is 16.8 Å². The minimum Gasteiger partial charge on any atom is -0.366 e. The van der Waals surface area contributed by atoms with Gasteiger partial charge in [-0.15, -0.1) is 0 Å². The van der Waals surface area contributed by atoms with Gasteiger partial charge < -0.3 is 15.6 Å². The number of carbonyl (C=O) groups is 2. The summed E-state index contributed by atoms with van der Waals surface area (Å²) in [6.45, 7) is 0. The van der Waals surface area contributed by atoms with Crippen molar-refractivity contribution in [3.05, 3.63) is 65.8 Å². The summed E-state index contributed by atoms with van der Waals surface area (Å²) >= 11 is 0. The number of nitrogens with zero attached hydrogens (tertiary/aromatic N) is 2. The average molecular weight is 354 g/mol. The largest absolute Gasteiger partial charge is 0.366 e. The number of aryl methyl sites for hydroxylation is 1. The molecule has 3 aromatic rings. The number of hydrogen-bond donors (Lipinski definition) is 2. The summed E-state index contributed by atoms with van der Waals surface area (Å²) in [5.74, 6) is -0.628. The molecule has 8 heteroatoms. The fourth-order valence-electron chi connectivity index (χ4n) is 2.26. The summed E-state index contributed by atoms with van der Waals surface area (Å²) < 4.78 is 18.3. The van der Waals surface area contributed by atoms with Crippen molar-refractivity contribution >= 4 is 17.5 Å². The maximum Gasteiger partial charge on any atom is 0.248 e. The zero-order valence-corrected chi connectivity index (χ0v) is 13.6. The fourth-order valence-corrected chi connectivity index (χ4v) is 2.26. The van der Waals surface area contributed by atoms with E-state index in [-0.39, 0.29) is 30.5 Å². The molecule has 0 saturated heterocycles. The van der Waals surface area contributed by atoms with E-state index in [4.69, 9.17) is 10.3 Å². The molecule has 3 N–H and O–H groups in total. The number of hydrogen-bond acceptors (Lipinski definition) is 5. The van der Waals surface area contributed by atoms with Gasteiger partial charge in [-0.1, -0.05) is 17.3 Å². The quantitative estimate of drug-likeness (QED) is 0.707. The van der Waals surface area contributed by atoms with E-state index in [2.05, 4.69) is 15.5 Å².